The van der Waals surface area contributed by atoms with Gasteiger partial charge in [-0.3, -0.25) is 4.79 Å². The normalized spacial score (nSPS) is 17.3. The van der Waals surface area contributed by atoms with Gasteiger partial charge in [-0.05, 0) is 62.8 Å². The number of nitrogens with two attached hydrogens (primary N) is 1. The monoisotopic (exact) mass is 526 g/mol. The third-order valence-corrected chi connectivity index (χ3v) is 5.98. The van der Waals surface area contributed by atoms with Gasteiger partial charge in [0.05, 0.1) is 11.1 Å². The molecule has 0 atom stereocenters. The van der Waals surface area contributed by atoms with Gasteiger partial charge < -0.3 is 26.0 Å². The summed E-state index contributed by atoms with van der Waals surface area (Å²) in [4.78, 5) is 22.5. The molecule has 38 heavy (non-hydrogen) atoms. The molecule has 2 aromatic carbocycles. The summed E-state index contributed by atoms with van der Waals surface area (Å²) >= 11 is 0. The zero-order chi connectivity index (χ0) is 27.3. The number of halogens is 3. The molecular formula is C27H29F3N6O2. The Morgan fingerprint density at radius 3 is 2.53 bits per heavy atom. The molecule has 0 radical (unpaired) electrons. The number of carbonyl (C=O) groups is 1. The highest BCUT2D eigenvalue weighted by atomic mass is 19.4. The van der Waals surface area contributed by atoms with Crippen molar-refractivity contribution >= 4 is 17.5 Å². The van der Waals surface area contributed by atoms with Crippen LogP contribution in [0.1, 0.15) is 18.4 Å². The topological polar surface area (TPSA) is 105 Å². The molecule has 0 spiro atoms. The smallest absolute Gasteiger partial charge is 0.416 e. The van der Waals surface area contributed by atoms with Gasteiger partial charge in [-0.15, -0.1) is 0 Å². The molecule has 0 aliphatic heterocycles. The molecular weight excluding hydrogens is 497 g/mol. The number of likely N-dealkylation sites (N-methyl/N-ethyl adjacent to an activating group) is 1. The number of hydrogen-bond acceptors (Lipinski definition) is 7. The van der Waals surface area contributed by atoms with Crippen LogP contribution in [0.15, 0.2) is 67.0 Å². The van der Waals surface area contributed by atoms with Gasteiger partial charge in [0.1, 0.15) is 29.5 Å². The van der Waals surface area contributed by atoms with Crippen molar-refractivity contribution in [1.82, 2.24) is 20.2 Å². The van der Waals surface area contributed by atoms with Gasteiger partial charge in [0.25, 0.3) is 0 Å². The van der Waals surface area contributed by atoms with Crippen LogP contribution in [0.2, 0.25) is 0 Å². The molecule has 1 aliphatic rings. The summed E-state index contributed by atoms with van der Waals surface area (Å²) in [5, 5.41) is 6.36. The summed E-state index contributed by atoms with van der Waals surface area (Å²) in [7, 11) is 3.86. The van der Waals surface area contributed by atoms with Gasteiger partial charge in [-0.2, -0.15) is 13.2 Å². The van der Waals surface area contributed by atoms with E-state index in [1.807, 2.05) is 25.1 Å². The Morgan fingerprint density at radius 1 is 1.11 bits per heavy atom. The van der Waals surface area contributed by atoms with E-state index in [2.05, 4.69) is 20.6 Å². The Bertz CT molecular complexity index is 1290. The second-order valence-electron chi connectivity index (χ2n) is 9.32. The summed E-state index contributed by atoms with van der Waals surface area (Å²) in [5.41, 5.74) is 6.72. The first-order valence-electron chi connectivity index (χ1n) is 12.0. The van der Waals surface area contributed by atoms with E-state index in [4.69, 9.17) is 10.5 Å². The first kappa shape index (κ1) is 26.9. The Kier molecular flexibility index (Phi) is 8.16. The van der Waals surface area contributed by atoms with Crippen molar-refractivity contribution in [1.29, 1.82) is 0 Å². The number of nitrogens with one attached hydrogen (secondary N) is 2. The maximum Gasteiger partial charge on any atom is 0.416 e. The summed E-state index contributed by atoms with van der Waals surface area (Å²) in [6.45, 7) is 0.693. The molecule has 1 heterocycles. The number of benzene rings is 2. The average molecular weight is 527 g/mol. The lowest BCUT2D eigenvalue weighted by molar-refractivity contribution is -0.137. The molecule has 4 rings (SSSR count). The van der Waals surface area contributed by atoms with Gasteiger partial charge in [0.2, 0.25) is 5.91 Å². The zero-order valence-electron chi connectivity index (χ0n) is 21.0. The van der Waals surface area contributed by atoms with Crippen molar-refractivity contribution in [3.05, 3.63) is 72.6 Å². The first-order chi connectivity index (χ1) is 18.1. The molecule has 3 aromatic rings. The Balaban J connectivity index is 1.39. The van der Waals surface area contributed by atoms with E-state index in [0.29, 0.717) is 23.7 Å². The molecule has 200 valence electrons. The van der Waals surface area contributed by atoms with Crippen LogP contribution in [0.25, 0.3) is 11.1 Å². The lowest BCUT2D eigenvalue weighted by atomic mass is 9.86. The second kappa shape index (κ2) is 11.5. The van der Waals surface area contributed by atoms with E-state index in [1.165, 1.54) is 18.5 Å². The Labute approximate surface area is 218 Å². The molecule has 0 saturated heterocycles. The Morgan fingerprint density at radius 2 is 1.84 bits per heavy atom. The van der Waals surface area contributed by atoms with Crippen molar-refractivity contribution < 1.29 is 22.7 Å². The summed E-state index contributed by atoms with van der Waals surface area (Å²) in [6, 6.07) is 11.6. The fourth-order valence-electron chi connectivity index (χ4n) is 4.02. The molecule has 1 amide bonds. The molecule has 1 saturated carbocycles. The first-order valence-corrected chi connectivity index (χ1v) is 12.0. The maximum atomic E-state index is 13.0. The number of ether oxygens (including phenoxy) is 1. The molecule has 1 fully saturated rings. The summed E-state index contributed by atoms with van der Waals surface area (Å²) in [6.07, 6.45) is 1.76. The van der Waals surface area contributed by atoms with Gasteiger partial charge in [0, 0.05) is 24.7 Å². The zero-order valence-corrected chi connectivity index (χ0v) is 21.0. The largest absolute Gasteiger partial charge is 0.457 e. The maximum absolute atomic E-state index is 13.0. The molecule has 1 aliphatic carbocycles. The van der Waals surface area contributed by atoms with Crippen LogP contribution in [-0.2, 0) is 11.0 Å². The summed E-state index contributed by atoms with van der Waals surface area (Å²) < 4.78 is 44.6. The molecule has 0 unspecified atom stereocenters. The van der Waals surface area contributed by atoms with Crippen LogP contribution in [0.3, 0.4) is 0 Å². The predicted octanol–water partition coefficient (Wildman–Crippen LogP) is 4.71. The van der Waals surface area contributed by atoms with E-state index in [0.717, 1.165) is 30.5 Å². The lowest BCUT2D eigenvalue weighted by Gasteiger charge is -2.36. The van der Waals surface area contributed by atoms with Crippen LogP contribution in [0, 0.1) is 0 Å². The van der Waals surface area contributed by atoms with Crippen LogP contribution >= 0.6 is 0 Å². The number of amides is 1. The van der Waals surface area contributed by atoms with Crippen molar-refractivity contribution in [2.24, 2.45) is 0 Å². The van der Waals surface area contributed by atoms with Crippen LogP contribution < -0.4 is 21.1 Å². The predicted molar refractivity (Wildman–Crippen MR) is 140 cm³/mol. The highest BCUT2D eigenvalue weighted by Crippen LogP contribution is 2.36. The van der Waals surface area contributed by atoms with E-state index < -0.39 is 11.7 Å². The number of rotatable bonds is 9. The number of aromatic nitrogens is 2. The third kappa shape index (κ3) is 7.00. The van der Waals surface area contributed by atoms with Gasteiger partial charge >= 0.3 is 6.18 Å². The van der Waals surface area contributed by atoms with Crippen molar-refractivity contribution in [3.63, 3.8) is 0 Å². The number of carbonyl (C=O) groups excluding carboxylic acids is 1. The third-order valence-electron chi connectivity index (χ3n) is 5.98. The molecule has 0 bridgehead atoms. The SMILES string of the molecule is CN(C)C/C=C/C(=O)NC1CC(Nc2ncnc(N)c2-c2ccc(Oc3cccc(C(F)(F)F)c3)cc2)C1. The highest BCUT2D eigenvalue weighted by Gasteiger charge is 2.31. The van der Waals surface area contributed by atoms with Crippen LogP contribution in [-0.4, -0.2) is 53.5 Å². The molecule has 4 N–H and O–H groups in total. The second-order valence-corrected chi connectivity index (χ2v) is 9.32. The van der Waals surface area contributed by atoms with Crippen LogP contribution in [0.5, 0.6) is 11.5 Å². The fraction of sp³-hybridized carbons (Fsp3) is 0.296. The number of hydrogen-bond donors (Lipinski definition) is 3. The van der Waals surface area contributed by atoms with E-state index in [9.17, 15) is 18.0 Å². The number of nitrogens with zero attached hydrogens (tertiary/aromatic N) is 3. The minimum atomic E-state index is -4.45. The molecule has 11 heteroatoms. The average Bonchev–Trinajstić information content (AvgIpc) is 2.83. The fourth-order valence-corrected chi connectivity index (χ4v) is 4.02. The standard InChI is InChI=1S/C27H29F3N6O2/c1-36(2)12-4-7-23(37)34-19-14-20(15-19)35-26-24(25(31)32-16-33-26)17-8-10-21(11-9-17)38-22-6-3-5-18(13-22)27(28,29)30/h3-11,13,16,19-20H,12,14-15H2,1-2H3,(H,34,37)(H3,31,32,33,35)/b7-4+. The van der Waals surface area contributed by atoms with Gasteiger partial charge in [-0.1, -0.05) is 24.3 Å². The minimum Gasteiger partial charge on any atom is -0.457 e. The highest BCUT2D eigenvalue weighted by molar-refractivity contribution is 5.88. The molecule has 1 aromatic heterocycles. The van der Waals surface area contributed by atoms with Crippen LogP contribution in [0.4, 0.5) is 24.8 Å². The number of anilines is 2. The van der Waals surface area contributed by atoms with Crippen molar-refractivity contribution in [2.75, 3.05) is 31.7 Å². The quantitative estimate of drug-likeness (QED) is 0.347. The lowest BCUT2D eigenvalue weighted by Crippen LogP contribution is -2.49. The van der Waals surface area contributed by atoms with Crippen molar-refractivity contribution in [2.45, 2.75) is 31.1 Å². The van der Waals surface area contributed by atoms with E-state index in [1.54, 1.807) is 30.3 Å². The van der Waals surface area contributed by atoms with E-state index in [-0.39, 0.29) is 29.6 Å². The molecule has 8 nitrogen and oxygen atoms in total. The van der Waals surface area contributed by atoms with Gasteiger partial charge in [-0.25, -0.2) is 9.97 Å². The number of alkyl halides is 3. The van der Waals surface area contributed by atoms with Gasteiger partial charge in [0.15, 0.2) is 0 Å². The Hall–Kier alpha value is -4.12. The summed E-state index contributed by atoms with van der Waals surface area (Å²) in [5.74, 6) is 1.18. The van der Waals surface area contributed by atoms with Crippen molar-refractivity contribution in [3.8, 4) is 22.6 Å². The minimum absolute atomic E-state index is 0.0684. The van der Waals surface area contributed by atoms with E-state index >= 15 is 0 Å². The number of nitrogen functional groups attached to an aromatic ring is 1.